The van der Waals surface area contributed by atoms with Gasteiger partial charge in [0.25, 0.3) is 0 Å². The molecule has 1 nitrogen and oxygen atoms in total. The first kappa shape index (κ1) is 9.75. The first-order chi connectivity index (χ1) is 5.73. The zero-order chi connectivity index (χ0) is 9.03. The van der Waals surface area contributed by atoms with E-state index >= 15 is 0 Å². The van der Waals surface area contributed by atoms with Crippen molar-refractivity contribution in [3.05, 3.63) is 35.9 Å². The second-order valence-electron chi connectivity index (χ2n) is 2.84. The van der Waals surface area contributed by atoms with E-state index in [2.05, 4.69) is 22.9 Å². The lowest BCUT2D eigenvalue weighted by Crippen LogP contribution is -2.21. The maximum Gasteiger partial charge on any atom is 0.0733 e. The van der Waals surface area contributed by atoms with Gasteiger partial charge in [-0.15, -0.1) is 0 Å². The molecule has 0 heterocycles. The number of benzene rings is 1. The molecule has 1 rings (SSSR count). The maximum atomic E-state index is 9.19. The molecule has 0 radical (unpaired) electrons. The highest BCUT2D eigenvalue weighted by atomic mass is 79.9. The van der Waals surface area contributed by atoms with Crippen LogP contribution in [0.15, 0.2) is 30.3 Å². The number of alkyl halides is 1. The van der Waals surface area contributed by atoms with Gasteiger partial charge in [-0.3, -0.25) is 0 Å². The molecular weight excluding hydrogens is 216 g/mol. The molecule has 1 unspecified atom stereocenters. The van der Waals surface area contributed by atoms with Gasteiger partial charge in [0.1, 0.15) is 0 Å². The van der Waals surface area contributed by atoms with Crippen molar-refractivity contribution in [1.29, 1.82) is 0 Å². The normalized spacial score (nSPS) is 15.6. The summed E-state index contributed by atoms with van der Waals surface area (Å²) in [6, 6.07) is 9.99. The number of halogens is 1. The van der Waals surface area contributed by atoms with Crippen molar-refractivity contribution < 1.29 is 5.11 Å². The minimum atomic E-state index is -0.256. The average Bonchev–Trinajstić information content (AvgIpc) is 2.18. The summed E-state index contributed by atoms with van der Waals surface area (Å²) >= 11 is 3.54. The fourth-order valence-electron chi connectivity index (χ4n) is 1.14. The molecular formula is C10H13BrO. The lowest BCUT2D eigenvalue weighted by molar-refractivity contribution is 0.249. The van der Waals surface area contributed by atoms with Crippen LogP contribution in [-0.4, -0.2) is 11.7 Å². The van der Waals surface area contributed by atoms with E-state index < -0.39 is 0 Å². The van der Waals surface area contributed by atoms with Gasteiger partial charge in [-0.2, -0.15) is 0 Å². The fourth-order valence-corrected chi connectivity index (χ4v) is 1.41. The molecule has 0 aromatic heterocycles. The summed E-state index contributed by atoms with van der Waals surface area (Å²) in [5.74, 6) is 0. The van der Waals surface area contributed by atoms with E-state index in [4.69, 9.17) is 0 Å². The Hall–Kier alpha value is -0.340. The van der Waals surface area contributed by atoms with Crippen LogP contribution in [0.3, 0.4) is 0 Å². The van der Waals surface area contributed by atoms with E-state index in [1.165, 1.54) is 0 Å². The minimum absolute atomic E-state index is 0.132. The predicted octanol–water partition coefficient (Wildman–Crippen LogP) is 2.68. The van der Waals surface area contributed by atoms with Crippen LogP contribution in [0.5, 0.6) is 0 Å². The summed E-state index contributed by atoms with van der Waals surface area (Å²) in [5.41, 5.74) is 1.13. The molecule has 0 aliphatic heterocycles. The van der Waals surface area contributed by atoms with E-state index in [1.54, 1.807) is 0 Å². The first-order valence-corrected chi connectivity index (χ1v) is 4.87. The molecule has 1 aromatic carbocycles. The minimum Gasteiger partial charge on any atom is -0.395 e. The van der Waals surface area contributed by atoms with E-state index in [0.29, 0.717) is 0 Å². The van der Waals surface area contributed by atoms with Crippen molar-refractivity contribution in [3.8, 4) is 0 Å². The highest BCUT2D eigenvalue weighted by Gasteiger charge is 2.25. The van der Waals surface area contributed by atoms with Crippen molar-refractivity contribution in [1.82, 2.24) is 0 Å². The Kier molecular flexibility index (Phi) is 3.29. The number of hydrogen-bond acceptors (Lipinski definition) is 1. The molecule has 1 N–H and O–H groups in total. The lowest BCUT2D eigenvalue weighted by Gasteiger charge is -2.23. The zero-order valence-electron chi connectivity index (χ0n) is 7.13. The highest BCUT2D eigenvalue weighted by molar-refractivity contribution is 9.09. The lowest BCUT2D eigenvalue weighted by atomic mass is 9.97. The summed E-state index contributed by atoms with van der Waals surface area (Å²) in [6.45, 7) is 2.19. The van der Waals surface area contributed by atoms with Gasteiger partial charge in [-0.25, -0.2) is 0 Å². The first-order valence-electron chi connectivity index (χ1n) is 4.08. The van der Waals surface area contributed by atoms with Crippen molar-refractivity contribution >= 4 is 15.9 Å². The summed E-state index contributed by atoms with van der Waals surface area (Å²) in [7, 11) is 0. The Morgan fingerprint density at radius 2 is 1.92 bits per heavy atom. The summed E-state index contributed by atoms with van der Waals surface area (Å²) in [5, 5.41) is 9.19. The third-order valence-electron chi connectivity index (χ3n) is 2.10. The van der Waals surface area contributed by atoms with Gasteiger partial charge in [-0.05, 0) is 12.0 Å². The molecule has 0 aliphatic carbocycles. The van der Waals surface area contributed by atoms with E-state index in [0.717, 1.165) is 12.0 Å². The van der Waals surface area contributed by atoms with Crippen LogP contribution in [0.1, 0.15) is 18.9 Å². The highest BCUT2D eigenvalue weighted by Crippen LogP contribution is 2.33. The van der Waals surface area contributed by atoms with Gasteiger partial charge >= 0.3 is 0 Å². The van der Waals surface area contributed by atoms with E-state index in [9.17, 15) is 5.11 Å². The molecule has 1 atom stereocenters. The second-order valence-corrected chi connectivity index (χ2v) is 4.36. The molecule has 0 saturated heterocycles. The Morgan fingerprint density at radius 3 is 2.33 bits per heavy atom. The molecule has 12 heavy (non-hydrogen) atoms. The van der Waals surface area contributed by atoms with Gasteiger partial charge in [0.2, 0.25) is 0 Å². The Bertz CT molecular complexity index is 229. The molecule has 2 heteroatoms. The van der Waals surface area contributed by atoms with E-state index in [1.807, 2.05) is 30.3 Å². The van der Waals surface area contributed by atoms with Gasteiger partial charge in [0, 0.05) is 0 Å². The van der Waals surface area contributed by atoms with Crippen LogP contribution in [0.2, 0.25) is 0 Å². The van der Waals surface area contributed by atoms with Crippen LogP contribution in [0.4, 0.5) is 0 Å². The predicted molar refractivity (Wildman–Crippen MR) is 54.4 cm³/mol. The molecule has 0 saturated carbocycles. The molecule has 0 fully saturated rings. The second kappa shape index (κ2) is 4.06. The quantitative estimate of drug-likeness (QED) is 0.790. The van der Waals surface area contributed by atoms with E-state index in [-0.39, 0.29) is 10.9 Å². The zero-order valence-corrected chi connectivity index (χ0v) is 8.71. The third-order valence-corrected chi connectivity index (χ3v) is 3.37. The molecule has 0 aliphatic rings. The summed E-state index contributed by atoms with van der Waals surface area (Å²) < 4.78 is -0.256. The Morgan fingerprint density at radius 1 is 1.33 bits per heavy atom. The molecule has 0 spiro atoms. The van der Waals surface area contributed by atoms with Crippen LogP contribution in [0, 0.1) is 0 Å². The van der Waals surface area contributed by atoms with Crippen molar-refractivity contribution in [2.24, 2.45) is 0 Å². The standard InChI is InChI=1S/C10H13BrO/c1-2-10(11,8-12)9-6-4-3-5-7-9/h3-7,12H,2,8H2,1H3. The van der Waals surface area contributed by atoms with Crippen LogP contribution in [0.25, 0.3) is 0 Å². The Labute approximate surface area is 81.6 Å². The van der Waals surface area contributed by atoms with Crippen molar-refractivity contribution in [3.63, 3.8) is 0 Å². The van der Waals surface area contributed by atoms with Crippen LogP contribution >= 0.6 is 15.9 Å². The SMILES string of the molecule is CCC(Br)(CO)c1ccccc1. The molecule has 1 aromatic rings. The summed E-state index contributed by atoms with van der Waals surface area (Å²) in [6.07, 6.45) is 0.882. The van der Waals surface area contributed by atoms with Gasteiger partial charge in [0.05, 0.1) is 10.9 Å². The molecule has 0 bridgehead atoms. The molecule has 0 amide bonds. The third kappa shape index (κ3) is 1.87. The van der Waals surface area contributed by atoms with Gasteiger partial charge in [0.15, 0.2) is 0 Å². The fraction of sp³-hybridized carbons (Fsp3) is 0.400. The number of hydrogen-bond donors (Lipinski definition) is 1. The van der Waals surface area contributed by atoms with Crippen LogP contribution in [-0.2, 0) is 4.32 Å². The van der Waals surface area contributed by atoms with Gasteiger partial charge < -0.3 is 5.11 Å². The number of aliphatic hydroxyl groups excluding tert-OH is 1. The Balaban J connectivity index is 2.95. The van der Waals surface area contributed by atoms with Gasteiger partial charge in [-0.1, -0.05) is 53.2 Å². The maximum absolute atomic E-state index is 9.19. The number of aliphatic hydroxyl groups is 1. The topological polar surface area (TPSA) is 20.2 Å². The van der Waals surface area contributed by atoms with Crippen molar-refractivity contribution in [2.45, 2.75) is 17.7 Å². The largest absolute Gasteiger partial charge is 0.395 e. The molecule has 66 valence electrons. The van der Waals surface area contributed by atoms with Crippen molar-refractivity contribution in [2.75, 3.05) is 6.61 Å². The monoisotopic (exact) mass is 228 g/mol. The number of rotatable bonds is 3. The average molecular weight is 229 g/mol. The smallest absolute Gasteiger partial charge is 0.0733 e. The van der Waals surface area contributed by atoms with Crippen LogP contribution < -0.4 is 0 Å². The summed E-state index contributed by atoms with van der Waals surface area (Å²) in [4.78, 5) is 0.